The Bertz CT molecular complexity index is 337. The minimum atomic E-state index is 0. The van der Waals surface area contributed by atoms with Gasteiger partial charge in [0, 0.05) is 19.6 Å². The number of nitrogens with one attached hydrogen (secondary N) is 1. The smallest absolute Gasteiger partial charge is 0.0234 e. The van der Waals surface area contributed by atoms with Gasteiger partial charge in [-0.25, -0.2) is 0 Å². The van der Waals surface area contributed by atoms with Crippen molar-refractivity contribution < 1.29 is 0 Å². The second kappa shape index (κ2) is 12.0. The molecular formula is C13H24BiN3S2. The van der Waals surface area contributed by atoms with Gasteiger partial charge < -0.3 is 11.1 Å². The molecule has 1 fully saturated rings. The van der Waals surface area contributed by atoms with Crippen LogP contribution in [0.2, 0.25) is 0 Å². The predicted octanol–water partition coefficient (Wildman–Crippen LogP) is 0.458. The zero-order valence-electron chi connectivity index (χ0n) is 11.2. The Kier molecular flexibility index (Phi) is 12.2. The van der Waals surface area contributed by atoms with Gasteiger partial charge in [0.1, 0.15) is 4.32 Å². The van der Waals surface area contributed by atoms with E-state index < -0.39 is 0 Å². The van der Waals surface area contributed by atoms with Crippen molar-refractivity contribution in [1.29, 1.82) is 0 Å². The summed E-state index contributed by atoms with van der Waals surface area (Å²) in [5, 5.41) is 3.42. The van der Waals surface area contributed by atoms with Crippen LogP contribution < -0.4 is 11.1 Å². The second-order valence-electron chi connectivity index (χ2n) is 4.20. The van der Waals surface area contributed by atoms with Crippen LogP contribution in [0.5, 0.6) is 0 Å². The average Bonchev–Trinajstić information content (AvgIpc) is 2.58. The van der Waals surface area contributed by atoms with Crippen LogP contribution in [0, 0.1) is 0 Å². The first kappa shape index (κ1) is 19.3. The van der Waals surface area contributed by atoms with Crippen molar-refractivity contribution in [2.45, 2.75) is 13.0 Å². The Morgan fingerprint density at radius 2 is 1.89 bits per heavy atom. The van der Waals surface area contributed by atoms with Gasteiger partial charge in [-0.1, -0.05) is 42.5 Å². The van der Waals surface area contributed by atoms with Gasteiger partial charge >= 0.3 is 26.2 Å². The third kappa shape index (κ3) is 10.7. The van der Waals surface area contributed by atoms with Crippen molar-refractivity contribution in [2.75, 3.05) is 26.2 Å². The molecule has 0 aliphatic carbocycles. The van der Waals surface area contributed by atoms with Crippen LogP contribution in [0.15, 0.2) is 30.3 Å². The van der Waals surface area contributed by atoms with Gasteiger partial charge in [-0.3, -0.25) is 4.90 Å². The fraction of sp³-hybridized carbons (Fsp3) is 0.462. The molecule has 6 heteroatoms. The summed E-state index contributed by atoms with van der Waals surface area (Å²) in [6.45, 7) is 5.80. The molecule has 1 aliphatic rings. The standard InChI is InChI=1S/C12H18N2.CH3NS2.Bi.3H/c1-2-5-12(6-3-1)11-14-9-4-7-13-8-10-14;2-1(3)4;;;;/h1-3,5-6,13H,4,7-11H2;(H3,2,3,4);;;;. The molecule has 2 rings (SSSR count). The van der Waals surface area contributed by atoms with E-state index in [0.29, 0.717) is 0 Å². The van der Waals surface area contributed by atoms with Crippen LogP contribution in [-0.4, -0.2) is 61.6 Å². The van der Waals surface area contributed by atoms with Crippen LogP contribution in [0.1, 0.15) is 12.0 Å². The molecule has 0 amide bonds. The van der Waals surface area contributed by atoms with E-state index in [2.05, 4.69) is 65.4 Å². The van der Waals surface area contributed by atoms with Gasteiger partial charge in [0.2, 0.25) is 0 Å². The first-order valence-corrected chi connectivity index (χ1v) is 6.99. The van der Waals surface area contributed by atoms with E-state index in [1.165, 1.54) is 31.6 Å². The number of nitrogens with two attached hydrogens (primary N) is 1. The van der Waals surface area contributed by atoms with Crippen molar-refractivity contribution in [3.05, 3.63) is 35.9 Å². The maximum atomic E-state index is 4.71. The van der Waals surface area contributed by atoms with Gasteiger partial charge in [-0.2, -0.15) is 0 Å². The van der Waals surface area contributed by atoms with Gasteiger partial charge in [0.05, 0.1) is 0 Å². The largest absolute Gasteiger partial charge is 0.315 e. The molecule has 19 heavy (non-hydrogen) atoms. The molecule has 0 atom stereocenters. The Labute approximate surface area is 145 Å². The van der Waals surface area contributed by atoms with Crippen molar-refractivity contribution in [3.8, 4) is 0 Å². The second-order valence-corrected chi connectivity index (χ2v) is 5.43. The topological polar surface area (TPSA) is 41.3 Å². The zero-order chi connectivity index (χ0) is 13.2. The quantitative estimate of drug-likeness (QED) is 0.317. The number of thiol groups is 1. The number of thiocarbonyl (C=S) groups is 1. The van der Waals surface area contributed by atoms with Crippen molar-refractivity contribution in [2.24, 2.45) is 5.73 Å². The van der Waals surface area contributed by atoms with Crippen LogP contribution in [0.3, 0.4) is 0 Å². The summed E-state index contributed by atoms with van der Waals surface area (Å²) in [7, 11) is 0. The molecule has 1 aromatic carbocycles. The third-order valence-corrected chi connectivity index (χ3v) is 2.68. The van der Waals surface area contributed by atoms with E-state index in [1.807, 2.05) is 0 Å². The molecule has 0 aromatic heterocycles. The maximum Gasteiger partial charge on any atom is 0.0234 e. The molecule has 0 bridgehead atoms. The minimum absolute atomic E-state index is 0. The number of hydrogen-bond donors (Lipinski definition) is 3. The van der Waals surface area contributed by atoms with Crippen LogP contribution in [0.25, 0.3) is 0 Å². The monoisotopic (exact) mass is 495 g/mol. The summed E-state index contributed by atoms with van der Waals surface area (Å²) < 4.78 is 0.194. The van der Waals surface area contributed by atoms with E-state index in [-0.39, 0.29) is 30.5 Å². The Balaban J connectivity index is 0.000000576. The van der Waals surface area contributed by atoms with Crippen molar-refractivity contribution in [3.63, 3.8) is 0 Å². The van der Waals surface area contributed by atoms with E-state index >= 15 is 0 Å². The summed E-state index contributed by atoms with van der Waals surface area (Å²) in [6.07, 6.45) is 1.27. The fourth-order valence-electron chi connectivity index (χ4n) is 1.90. The summed E-state index contributed by atoms with van der Waals surface area (Å²) >= 11 is 7.65. The summed E-state index contributed by atoms with van der Waals surface area (Å²) in [4.78, 5) is 2.52. The molecule has 3 N–H and O–H groups in total. The summed E-state index contributed by atoms with van der Waals surface area (Å²) in [5.74, 6) is 0. The van der Waals surface area contributed by atoms with E-state index in [9.17, 15) is 0 Å². The Hall–Kier alpha value is 0.263. The molecule has 0 unspecified atom stereocenters. The van der Waals surface area contributed by atoms with E-state index in [0.717, 1.165) is 13.1 Å². The molecule has 1 aliphatic heterocycles. The maximum absolute atomic E-state index is 4.71. The molecule has 1 aromatic rings. The van der Waals surface area contributed by atoms with Crippen LogP contribution in [0.4, 0.5) is 0 Å². The molecular weight excluding hydrogens is 471 g/mol. The molecule has 3 nitrogen and oxygen atoms in total. The van der Waals surface area contributed by atoms with Gasteiger partial charge in [-0.05, 0) is 25.1 Å². The fourth-order valence-corrected chi connectivity index (χ4v) is 1.90. The molecule has 0 radical (unpaired) electrons. The first-order valence-electron chi connectivity index (χ1n) is 6.14. The van der Waals surface area contributed by atoms with Gasteiger partial charge in [-0.15, -0.1) is 12.6 Å². The average molecular weight is 495 g/mol. The van der Waals surface area contributed by atoms with Gasteiger partial charge in [0.15, 0.2) is 0 Å². The Morgan fingerprint density at radius 1 is 1.26 bits per heavy atom. The molecule has 1 saturated heterocycles. The third-order valence-electron chi connectivity index (χ3n) is 2.68. The van der Waals surface area contributed by atoms with Crippen molar-refractivity contribution >= 4 is 55.4 Å². The minimum Gasteiger partial charge on any atom is -0.315 e. The van der Waals surface area contributed by atoms with Crippen molar-refractivity contribution in [1.82, 2.24) is 10.2 Å². The Morgan fingerprint density at radius 3 is 2.53 bits per heavy atom. The number of nitrogens with zero attached hydrogens (tertiary/aromatic N) is 1. The van der Waals surface area contributed by atoms with Gasteiger partial charge in [0.25, 0.3) is 0 Å². The first-order chi connectivity index (χ1) is 8.68. The summed E-state index contributed by atoms with van der Waals surface area (Å²) in [5.41, 5.74) is 6.13. The zero-order valence-corrected chi connectivity index (χ0v) is 18.4. The number of rotatable bonds is 2. The summed E-state index contributed by atoms with van der Waals surface area (Å²) in [6, 6.07) is 10.7. The number of hydrogen-bond acceptors (Lipinski definition) is 3. The van der Waals surface area contributed by atoms with E-state index in [1.54, 1.807) is 0 Å². The molecule has 0 spiro atoms. The number of benzene rings is 1. The molecule has 0 saturated carbocycles. The SMILES string of the molecule is NC(=S)S.[BiH3].c1ccc(CN2CCCNCC2)cc1. The van der Waals surface area contributed by atoms with E-state index in [4.69, 9.17) is 5.73 Å². The van der Waals surface area contributed by atoms with Crippen LogP contribution in [-0.2, 0) is 6.54 Å². The molecule has 108 valence electrons. The molecule has 1 heterocycles. The normalized spacial score (nSPS) is 15.4. The predicted molar refractivity (Wildman–Crippen MR) is 94.9 cm³/mol. The van der Waals surface area contributed by atoms with Crippen LogP contribution >= 0.6 is 24.8 Å².